The van der Waals surface area contributed by atoms with Gasteiger partial charge in [-0.2, -0.15) is 0 Å². The summed E-state index contributed by atoms with van der Waals surface area (Å²) in [5, 5.41) is 17.6. The molecular weight excluding hydrogens is 326 g/mol. The molecule has 3 rings (SSSR count). The largest absolute Gasteiger partial charge is 0.331 e. The highest BCUT2D eigenvalue weighted by atomic mass is 32.1. The van der Waals surface area contributed by atoms with E-state index in [-0.39, 0.29) is 6.03 Å². The minimum Gasteiger partial charge on any atom is -0.331 e. The Kier molecular flexibility index (Phi) is 4.80. The third-order valence-electron chi connectivity index (χ3n) is 3.40. The second-order valence-electron chi connectivity index (χ2n) is 5.14. The van der Waals surface area contributed by atoms with Crippen molar-refractivity contribution in [1.29, 1.82) is 0 Å². The molecule has 2 aromatic heterocycles. The van der Waals surface area contributed by atoms with E-state index in [2.05, 4.69) is 38.1 Å². The van der Waals surface area contributed by atoms with Gasteiger partial charge < -0.3 is 10.6 Å². The predicted molar refractivity (Wildman–Crippen MR) is 91.2 cm³/mol. The van der Waals surface area contributed by atoms with Gasteiger partial charge in [-0.15, -0.1) is 16.4 Å². The lowest BCUT2D eigenvalue weighted by Crippen LogP contribution is -2.28. The van der Waals surface area contributed by atoms with Crippen LogP contribution in [0.1, 0.15) is 22.4 Å². The quantitative estimate of drug-likeness (QED) is 0.741. The fraction of sp³-hybridized carbons (Fsp3) is 0.267. The second-order valence-corrected chi connectivity index (χ2v) is 6.34. The summed E-state index contributed by atoms with van der Waals surface area (Å²) >= 11 is 1.61. The predicted octanol–water partition coefficient (Wildman–Crippen LogP) is 2.31. The lowest BCUT2D eigenvalue weighted by molar-refractivity contribution is 0.251. The number of nitrogens with one attached hydrogen (secondary N) is 2. The molecule has 24 heavy (non-hydrogen) atoms. The molecule has 0 saturated carbocycles. The number of aromatic nitrogens is 5. The van der Waals surface area contributed by atoms with Crippen molar-refractivity contribution in [3.8, 4) is 5.69 Å². The van der Waals surface area contributed by atoms with E-state index >= 15 is 0 Å². The SMILES string of the molecule is CCc1cnc(CNC(=O)Nc2ccc(-n3cnnn3)c(C)c2)s1. The molecule has 0 aliphatic rings. The molecule has 0 saturated heterocycles. The van der Waals surface area contributed by atoms with E-state index in [1.165, 1.54) is 11.2 Å². The van der Waals surface area contributed by atoms with E-state index in [1.807, 2.05) is 31.3 Å². The molecule has 0 radical (unpaired) electrons. The standard InChI is InChI=1S/C15H17N7OS/c1-3-12-7-16-14(24-12)8-17-15(23)19-11-4-5-13(10(2)6-11)22-9-18-20-21-22/h4-7,9H,3,8H2,1-2H3,(H2,17,19,23). The van der Waals surface area contributed by atoms with Gasteiger partial charge in [0, 0.05) is 16.8 Å². The first-order chi connectivity index (χ1) is 11.7. The van der Waals surface area contributed by atoms with E-state index in [1.54, 1.807) is 16.0 Å². The molecule has 0 atom stereocenters. The molecule has 2 heterocycles. The number of carbonyl (C=O) groups is 1. The van der Waals surface area contributed by atoms with Crippen LogP contribution in [0.15, 0.2) is 30.7 Å². The molecule has 124 valence electrons. The topological polar surface area (TPSA) is 97.6 Å². The molecule has 2 amide bonds. The number of tetrazole rings is 1. The van der Waals surface area contributed by atoms with Gasteiger partial charge >= 0.3 is 6.03 Å². The highest BCUT2D eigenvalue weighted by molar-refractivity contribution is 7.11. The highest BCUT2D eigenvalue weighted by Crippen LogP contribution is 2.18. The summed E-state index contributed by atoms with van der Waals surface area (Å²) in [6, 6.07) is 5.27. The Morgan fingerprint density at radius 3 is 2.92 bits per heavy atom. The summed E-state index contributed by atoms with van der Waals surface area (Å²) in [5.41, 5.74) is 2.52. The van der Waals surface area contributed by atoms with Gasteiger partial charge in [0.2, 0.25) is 0 Å². The smallest absolute Gasteiger partial charge is 0.319 e. The zero-order valence-electron chi connectivity index (χ0n) is 13.4. The Balaban J connectivity index is 1.59. The Hall–Kier alpha value is -2.81. The van der Waals surface area contributed by atoms with Crippen molar-refractivity contribution >= 4 is 23.1 Å². The van der Waals surface area contributed by atoms with E-state index < -0.39 is 0 Å². The van der Waals surface area contributed by atoms with Crippen molar-refractivity contribution in [3.63, 3.8) is 0 Å². The summed E-state index contributed by atoms with van der Waals surface area (Å²) < 4.78 is 1.58. The normalized spacial score (nSPS) is 10.6. The maximum absolute atomic E-state index is 12.0. The number of nitrogens with zero attached hydrogens (tertiary/aromatic N) is 5. The molecule has 0 fully saturated rings. The van der Waals surface area contributed by atoms with Crippen LogP contribution in [0.4, 0.5) is 10.5 Å². The van der Waals surface area contributed by atoms with Crippen molar-refractivity contribution in [2.24, 2.45) is 0 Å². The van der Waals surface area contributed by atoms with Gasteiger partial charge in [0.25, 0.3) is 0 Å². The van der Waals surface area contributed by atoms with Crippen molar-refractivity contribution < 1.29 is 4.79 Å². The number of hydrogen-bond donors (Lipinski definition) is 2. The maximum Gasteiger partial charge on any atom is 0.319 e. The lowest BCUT2D eigenvalue weighted by Gasteiger charge is -2.09. The number of benzene rings is 1. The summed E-state index contributed by atoms with van der Waals surface area (Å²) in [6.45, 7) is 4.43. The van der Waals surface area contributed by atoms with Gasteiger partial charge in [0.15, 0.2) is 0 Å². The molecule has 2 N–H and O–H groups in total. The van der Waals surface area contributed by atoms with Crippen LogP contribution in [0, 0.1) is 6.92 Å². The molecule has 0 aliphatic carbocycles. The van der Waals surface area contributed by atoms with E-state index in [9.17, 15) is 4.79 Å². The average molecular weight is 343 g/mol. The van der Waals surface area contributed by atoms with Gasteiger partial charge in [-0.1, -0.05) is 6.92 Å². The Labute approximate surface area is 142 Å². The van der Waals surface area contributed by atoms with Crippen LogP contribution >= 0.6 is 11.3 Å². The van der Waals surface area contributed by atoms with Crippen molar-refractivity contribution in [2.45, 2.75) is 26.8 Å². The van der Waals surface area contributed by atoms with Crippen LogP contribution in [0.2, 0.25) is 0 Å². The van der Waals surface area contributed by atoms with Crippen LogP contribution in [-0.2, 0) is 13.0 Å². The number of urea groups is 1. The van der Waals surface area contributed by atoms with Crippen LogP contribution in [0.5, 0.6) is 0 Å². The molecule has 1 aromatic carbocycles. The molecule has 9 heteroatoms. The number of carbonyl (C=O) groups excluding carboxylic acids is 1. The van der Waals surface area contributed by atoms with Crippen LogP contribution in [0.3, 0.4) is 0 Å². The number of amides is 2. The minimum absolute atomic E-state index is 0.266. The van der Waals surface area contributed by atoms with E-state index in [0.717, 1.165) is 22.7 Å². The molecule has 3 aromatic rings. The second kappa shape index (κ2) is 7.18. The lowest BCUT2D eigenvalue weighted by atomic mass is 10.2. The summed E-state index contributed by atoms with van der Waals surface area (Å²) in [4.78, 5) is 17.5. The molecule has 8 nitrogen and oxygen atoms in total. The van der Waals surface area contributed by atoms with Gasteiger partial charge in [0.1, 0.15) is 11.3 Å². The van der Waals surface area contributed by atoms with Crippen LogP contribution in [-0.4, -0.2) is 31.2 Å². The number of anilines is 1. The fourth-order valence-corrected chi connectivity index (χ4v) is 2.99. The van der Waals surface area contributed by atoms with E-state index in [4.69, 9.17) is 0 Å². The number of aryl methyl sites for hydroxylation is 2. The van der Waals surface area contributed by atoms with Gasteiger partial charge in [-0.05, 0) is 47.5 Å². The molecule has 0 bridgehead atoms. The van der Waals surface area contributed by atoms with Crippen molar-refractivity contribution in [2.75, 3.05) is 5.32 Å². The minimum atomic E-state index is -0.266. The number of rotatable bonds is 5. The van der Waals surface area contributed by atoms with Gasteiger partial charge in [-0.3, -0.25) is 0 Å². The summed E-state index contributed by atoms with van der Waals surface area (Å²) in [5.74, 6) is 0. The van der Waals surface area contributed by atoms with Crippen LogP contribution in [0.25, 0.3) is 5.69 Å². The van der Waals surface area contributed by atoms with Crippen molar-refractivity contribution in [1.82, 2.24) is 30.5 Å². The maximum atomic E-state index is 12.0. The van der Waals surface area contributed by atoms with E-state index in [0.29, 0.717) is 12.2 Å². The fourth-order valence-electron chi connectivity index (χ4n) is 2.19. The Morgan fingerprint density at radius 1 is 1.38 bits per heavy atom. The van der Waals surface area contributed by atoms with Gasteiger partial charge in [-0.25, -0.2) is 14.5 Å². The zero-order chi connectivity index (χ0) is 16.9. The highest BCUT2D eigenvalue weighted by Gasteiger charge is 2.07. The first-order valence-electron chi connectivity index (χ1n) is 7.48. The molecule has 0 unspecified atom stereocenters. The Morgan fingerprint density at radius 2 is 2.25 bits per heavy atom. The average Bonchev–Trinajstić information content (AvgIpc) is 3.24. The Bertz CT molecular complexity index is 828. The first kappa shape index (κ1) is 16.1. The first-order valence-corrected chi connectivity index (χ1v) is 8.30. The molecule has 0 spiro atoms. The van der Waals surface area contributed by atoms with Crippen LogP contribution < -0.4 is 10.6 Å². The molecule has 0 aliphatic heterocycles. The summed E-state index contributed by atoms with van der Waals surface area (Å²) in [7, 11) is 0. The summed E-state index contributed by atoms with van der Waals surface area (Å²) in [6.07, 6.45) is 4.33. The third kappa shape index (κ3) is 3.74. The molecular formula is C15H17N7OS. The zero-order valence-corrected chi connectivity index (χ0v) is 14.2. The number of hydrogen-bond acceptors (Lipinski definition) is 6. The monoisotopic (exact) mass is 343 g/mol. The third-order valence-corrected chi connectivity index (χ3v) is 4.54. The number of thiazole rings is 1. The van der Waals surface area contributed by atoms with Gasteiger partial charge in [0.05, 0.1) is 12.2 Å². The van der Waals surface area contributed by atoms with Crippen molar-refractivity contribution in [3.05, 3.63) is 46.2 Å².